The van der Waals surface area contributed by atoms with Gasteiger partial charge in [0.1, 0.15) is 5.75 Å². The molecule has 0 aliphatic heterocycles. The third kappa shape index (κ3) is 3.74. The van der Waals surface area contributed by atoms with E-state index in [2.05, 4.69) is 10.1 Å². The average molecular weight is 393 g/mol. The van der Waals surface area contributed by atoms with Crippen LogP contribution in [0.15, 0.2) is 71.1 Å². The molecule has 1 amide bonds. The van der Waals surface area contributed by atoms with Gasteiger partial charge in [0, 0.05) is 10.4 Å². The normalized spacial score (nSPS) is 11.1. The highest BCUT2D eigenvalue weighted by molar-refractivity contribution is 7.22. The number of aromatic nitrogens is 1. The van der Waals surface area contributed by atoms with E-state index in [1.165, 1.54) is 16.3 Å². The molecule has 0 saturated carbocycles. The summed E-state index contributed by atoms with van der Waals surface area (Å²) >= 11 is 2.96. The van der Waals surface area contributed by atoms with Crippen LogP contribution in [0.2, 0.25) is 0 Å². The van der Waals surface area contributed by atoms with Crippen LogP contribution in [0.4, 0.5) is 5.13 Å². The Morgan fingerprint density at radius 2 is 2.00 bits per heavy atom. The lowest BCUT2D eigenvalue weighted by Crippen LogP contribution is -2.25. The van der Waals surface area contributed by atoms with Crippen molar-refractivity contribution in [3.8, 4) is 5.75 Å². The quantitative estimate of drug-likeness (QED) is 0.352. The molecular formula is C20H15N3O2S2. The lowest BCUT2D eigenvalue weighted by molar-refractivity contribution is 0.0988. The van der Waals surface area contributed by atoms with Crippen molar-refractivity contribution < 1.29 is 9.53 Å². The molecular weight excluding hydrogens is 378 g/mol. The van der Waals surface area contributed by atoms with Gasteiger partial charge in [-0.1, -0.05) is 35.6 Å². The number of thiazole rings is 1. The van der Waals surface area contributed by atoms with E-state index in [9.17, 15) is 4.79 Å². The summed E-state index contributed by atoms with van der Waals surface area (Å²) in [5, 5.41) is 8.27. The van der Waals surface area contributed by atoms with Crippen molar-refractivity contribution in [3.05, 3.63) is 76.5 Å². The molecule has 4 rings (SSSR count). The van der Waals surface area contributed by atoms with E-state index < -0.39 is 0 Å². The van der Waals surface area contributed by atoms with E-state index in [0.29, 0.717) is 10.7 Å². The minimum absolute atomic E-state index is 0.227. The van der Waals surface area contributed by atoms with E-state index in [-0.39, 0.29) is 5.91 Å². The maximum atomic E-state index is 13.1. The molecule has 0 aliphatic rings. The fourth-order valence-electron chi connectivity index (χ4n) is 2.48. The van der Waals surface area contributed by atoms with Crippen molar-refractivity contribution in [1.29, 1.82) is 0 Å². The van der Waals surface area contributed by atoms with Crippen LogP contribution in [-0.2, 0) is 0 Å². The summed E-state index contributed by atoms with van der Waals surface area (Å²) in [5.41, 5.74) is 1.35. The SMILES string of the molecule is COc1ccc2nc(N(/N=C\c3cccs3)C(=O)c3ccccc3)sc2c1. The van der Waals surface area contributed by atoms with Gasteiger partial charge in [-0.05, 0) is 41.8 Å². The summed E-state index contributed by atoms with van der Waals surface area (Å²) < 4.78 is 6.21. The predicted molar refractivity (Wildman–Crippen MR) is 111 cm³/mol. The summed E-state index contributed by atoms with van der Waals surface area (Å²) in [7, 11) is 1.62. The van der Waals surface area contributed by atoms with Crippen LogP contribution in [-0.4, -0.2) is 24.2 Å². The summed E-state index contributed by atoms with van der Waals surface area (Å²) in [6.07, 6.45) is 1.68. The number of rotatable bonds is 5. The van der Waals surface area contributed by atoms with Crippen LogP contribution in [0, 0.1) is 0 Å². The number of anilines is 1. The molecule has 0 bridgehead atoms. The zero-order valence-electron chi connectivity index (χ0n) is 14.4. The maximum absolute atomic E-state index is 13.1. The molecule has 2 aromatic carbocycles. The number of ether oxygens (including phenoxy) is 1. The molecule has 0 aliphatic carbocycles. The predicted octanol–water partition coefficient (Wildman–Crippen LogP) is 5.05. The number of thiophene rings is 1. The van der Waals surface area contributed by atoms with Gasteiger partial charge in [-0.3, -0.25) is 4.79 Å². The number of nitrogens with zero attached hydrogens (tertiary/aromatic N) is 3. The van der Waals surface area contributed by atoms with Crippen LogP contribution in [0.3, 0.4) is 0 Å². The Morgan fingerprint density at radius 1 is 1.15 bits per heavy atom. The van der Waals surface area contributed by atoms with Crippen molar-refractivity contribution in [2.45, 2.75) is 0 Å². The number of benzene rings is 2. The van der Waals surface area contributed by atoms with Crippen LogP contribution in [0.1, 0.15) is 15.2 Å². The van der Waals surface area contributed by atoms with Gasteiger partial charge in [0.15, 0.2) is 0 Å². The Morgan fingerprint density at radius 3 is 2.74 bits per heavy atom. The van der Waals surface area contributed by atoms with Crippen molar-refractivity contribution in [1.82, 2.24) is 4.98 Å². The van der Waals surface area contributed by atoms with E-state index in [0.717, 1.165) is 20.8 Å². The Bertz CT molecular complexity index is 1090. The standard InChI is InChI=1S/C20H15N3O2S2/c1-25-15-9-10-17-18(12-15)27-20(22-17)23(21-13-16-8-5-11-26-16)19(24)14-6-3-2-4-7-14/h2-13H,1H3/b21-13-. The molecule has 0 radical (unpaired) electrons. The first-order valence-electron chi connectivity index (χ1n) is 8.16. The molecule has 134 valence electrons. The van der Waals surface area contributed by atoms with E-state index in [4.69, 9.17) is 4.74 Å². The number of amides is 1. The number of carbonyl (C=O) groups is 1. The van der Waals surface area contributed by atoms with Gasteiger partial charge >= 0.3 is 0 Å². The summed E-state index contributed by atoms with van der Waals surface area (Å²) in [5.74, 6) is 0.523. The monoisotopic (exact) mass is 393 g/mol. The average Bonchev–Trinajstić information content (AvgIpc) is 3.37. The van der Waals surface area contributed by atoms with Crippen molar-refractivity contribution >= 4 is 50.1 Å². The second kappa shape index (κ2) is 7.69. The molecule has 0 unspecified atom stereocenters. The number of hydrogen-bond acceptors (Lipinski definition) is 6. The summed E-state index contributed by atoms with van der Waals surface area (Å²) in [6, 6.07) is 18.6. The topological polar surface area (TPSA) is 54.8 Å². The van der Waals surface area contributed by atoms with Crippen LogP contribution < -0.4 is 9.75 Å². The molecule has 4 aromatic rings. The Balaban J connectivity index is 1.76. The number of hydrogen-bond donors (Lipinski definition) is 0. The van der Waals surface area contributed by atoms with Crippen molar-refractivity contribution in [3.63, 3.8) is 0 Å². The van der Waals surface area contributed by atoms with Gasteiger partial charge in [0.25, 0.3) is 5.91 Å². The van der Waals surface area contributed by atoms with E-state index in [1.54, 1.807) is 36.8 Å². The summed E-state index contributed by atoms with van der Waals surface area (Å²) in [6.45, 7) is 0. The summed E-state index contributed by atoms with van der Waals surface area (Å²) in [4.78, 5) is 18.6. The Hall–Kier alpha value is -3.03. The molecule has 2 aromatic heterocycles. The Labute approximate surface area is 164 Å². The lowest BCUT2D eigenvalue weighted by atomic mass is 10.2. The highest BCUT2D eigenvalue weighted by Gasteiger charge is 2.21. The second-order valence-corrected chi connectivity index (χ2v) is 7.56. The number of methoxy groups -OCH3 is 1. The molecule has 0 N–H and O–H groups in total. The highest BCUT2D eigenvalue weighted by atomic mass is 32.1. The fraction of sp³-hybridized carbons (Fsp3) is 0.0500. The molecule has 7 heteroatoms. The van der Waals surface area contributed by atoms with Gasteiger partial charge in [0.05, 0.1) is 23.5 Å². The highest BCUT2D eigenvalue weighted by Crippen LogP contribution is 2.32. The van der Waals surface area contributed by atoms with Gasteiger partial charge < -0.3 is 4.74 Å². The first-order valence-corrected chi connectivity index (χ1v) is 9.86. The third-order valence-electron chi connectivity index (χ3n) is 3.82. The van der Waals surface area contributed by atoms with Gasteiger partial charge in [0.2, 0.25) is 5.13 Å². The van der Waals surface area contributed by atoms with Gasteiger partial charge in [-0.2, -0.15) is 10.1 Å². The molecule has 2 heterocycles. The zero-order valence-corrected chi connectivity index (χ0v) is 16.0. The molecule has 0 atom stereocenters. The molecule has 5 nitrogen and oxygen atoms in total. The first kappa shape index (κ1) is 17.4. The minimum Gasteiger partial charge on any atom is -0.497 e. The molecule has 0 saturated heterocycles. The van der Waals surface area contributed by atoms with Crippen LogP contribution in [0.5, 0.6) is 5.75 Å². The maximum Gasteiger partial charge on any atom is 0.280 e. The van der Waals surface area contributed by atoms with E-state index in [1.807, 2.05) is 53.9 Å². The van der Waals surface area contributed by atoms with Crippen LogP contribution in [0.25, 0.3) is 10.2 Å². The number of hydrazone groups is 1. The fourth-order valence-corrected chi connectivity index (χ4v) is 4.01. The zero-order chi connectivity index (χ0) is 18.6. The third-order valence-corrected chi connectivity index (χ3v) is 5.62. The smallest absolute Gasteiger partial charge is 0.280 e. The molecule has 27 heavy (non-hydrogen) atoms. The van der Waals surface area contributed by atoms with Gasteiger partial charge in [-0.15, -0.1) is 11.3 Å². The first-order chi connectivity index (χ1) is 13.2. The number of carbonyl (C=O) groups excluding carboxylic acids is 1. The minimum atomic E-state index is -0.227. The lowest BCUT2D eigenvalue weighted by Gasteiger charge is -2.13. The van der Waals surface area contributed by atoms with Crippen molar-refractivity contribution in [2.75, 3.05) is 12.1 Å². The number of fused-ring (bicyclic) bond motifs is 1. The van der Waals surface area contributed by atoms with Crippen LogP contribution >= 0.6 is 22.7 Å². The van der Waals surface area contributed by atoms with Crippen molar-refractivity contribution in [2.24, 2.45) is 5.10 Å². The van der Waals surface area contributed by atoms with E-state index >= 15 is 0 Å². The van der Waals surface area contributed by atoms with Gasteiger partial charge in [-0.25, -0.2) is 4.98 Å². The molecule has 0 fully saturated rings. The molecule has 0 spiro atoms. The second-order valence-electron chi connectivity index (χ2n) is 5.57. The Kier molecular flexibility index (Phi) is 4.95. The largest absolute Gasteiger partial charge is 0.497 e.